The molecule has 1 saturated heterocycles. The molecular weight excluding hydrogens is 384 g/mol. The Balaban J connectivity index is 1.44. The molecule has 1 fully saturated rings. The summed E-state index contributed by atoms with van der Waals surface area (Å²) >= 11 is 1.46. The number of benzene rings is 1. The van der Waals surface area contributed by atoms with Crippen LogP contribution in [0, 0.1) is 24.5 Å². The van der Waals surface area contributed by atoms with Crippen LogP contribution >= 0.6 is 11.3 Å². The maximum absolute atomic E-state index is 13.2. The first-order chi connectivity index (χ1) is 13.4. The van der Waals surface area contributed by atoms with Crippen molar-refractivity contribution in [1.29, 1.82) is 0 Å². The van der Waals surface area contributed by atoms with Crippen LogP contribution in [0.4, 0.5) is 8.78 Å². The highest BCUT2D eigenvalue weighted by Gasteiger charge is 2.26. The molecule has 1 aliphatic rings. The van der Waals surface area contributed by atoms with Crippen molar-refractivity contribution in [3.8, 4) is 0 Å². The Hall–Kier alpha value is -2.35. The van der Waals surface area contributed by atoms with Gasteiger partial charge in [-0.25, -0.2) is 13.8 Å². The molecule has 5 nitrogen and oxygen atoms in total. The monoisotopic (exact) mass is 407 g/mol. The van der Waals surface area contributed by atoms with Gasteiger partial charge in [0.1, 0.15) is 5.69 Å². The fraction of sp³-hybridized carbons (Fsp3) is 0.450. The van der Waals surface area contributed by atoms with Crippen molar-refractivity contribution in [2.75, 3.05) is 13.1 Å². The van der Waals surface area contributed by atoms with Crippen molar-refractivity contribution in [2.24, 2.45) is 5.92 Å². The maximum Gasteiger partial charge on any atom is 0.273 e. The zero-order chi connectivity index (χ0) is 20.1. The van der Waals surface area contributed by atoms with Crippen LogP contribution in [0.25, 0.3) is 0 Å². The zero-order valence-electron chi connectivity index (χ0n) is 15.7. The summed E-state index contributed by atoms with van der Waals surface area (Å²) in [6.45, 7) is 3.38. The lowest BCUT2D eigenvalue weighted by Crippen LogP contribution is -2.40. The molecule has 0 unspecified atom stereocenters. The summed E-state index contributed by atoms with van der Waals surface area (Å²) in [6, 6.07) is 3.58. The van der Waals surface area contributed by atoms with Crippen LogP contribution in [0.2, 0.25) is 0 Å². The number of halogens is 2. The smallest absolute Gasteiger partial charge is 0.273 e. The predicted molar refractivity (Wildman–Crippen MR) is 103 cm³/mol. The molecule has 0 radical (unpaired) electrons. The molecule has 0 saturated carbocycles. The number of nitrogens with zero attached hydrogens (tertiary/aromatic N) is 2. The number of rotatable bonds is 6. The number of aryl methyl sites for hydroxylation is 1. The zero-order valence-corrected chi connectivity index (χ0v) is 16.5. The van der Waals surface area contributed by atoms with E-state index in [-0.39, 0.29) is 24.3 Å². The molecule has 1 aromatic carbocycles. The molecule has 1 aromatic heterocycles. The first-order valence-electron chi connectivity index (χ1n) is 9.34. The van der Waals surface area contributed by atoms with Crippen LogP contribution < -0.4 is 5.32 Å². The number of likely N-dealkylation sites (tertiary alicyclic amines) is 1. The van der Waals surface area contributed by atoms with E-state index in [4.69, 9.17) is 0 Å². The van der Waals surface area contributed by atoms with Crippen molar-refractivity contribution in [3.63, 3.8) is 0 Å². The summed E-state index contributed by atoms with van der Waals surface area (Å²) in [5.41, 5.74) is 1.01. The molecule has 150 valence electrons. The third kappa shape index (κ3) is 5.34. The van der Waals surface area contributed by atoms with Gasteiger partial charge in [0, 0.05) is 31.4 Å². The molecule has 0 spiro atoms. The highest BCUT2D eigenvalue weighted by atomic mass is 32.1. The van der Waals surface area contributed by atoms with Crippen LogP contribution in [-0.4, -0.2) is 34.8 Å². The predicted octanol–water partition coefficient (Wildman–Crippen LogP) is 3.68. The minimum Gasteiger partial charge on any atom is -0.352 e. The second-order valence-corrected chi connectivity index (χ2v) is 8.14. The normalized spacial score (nSPS) is 16.8. The van der Waals surface area contributed by atoms with Crippen molar-refractivity contribution in [3.05, 3.63) is 51.5 Å². The van der Waals surface area contributed by atoms with E-state index in [9.17, 15) is 18.4 Å². The molecule has 0 aliphatic carbocycles. The van der Waals surface area contributed by atoms with Crippen LogP contribution in [0.5, 0.6) is 0 Å². The molecule has 1 aliphatic heterocycles. The number of hydrogen-bond acceptors (Lipinski definition) is 4. The molecule has 2 amide bonds. The van der Waals surface area contributed by atoms with E-state index in [1.807, 2.05) is 11.8 Å². The summed E-state index contributed by atoms with van der Waals surface area (Å²) in [6.07, 6.45) is 2.92. The minimum atomic E-state index is -0.922. The van der Waals surface area contributed by atoms with Crippen LogP contribution in [-0.2, 0) is 11.3 Å². The van der Waals surface area contributed by atoms with E-state index in [2.05, 4.69) is 10.3 Å². The molecular formula is C20H23F2N3O2S. The summed E-state index contributed by atoms with van der Waals surface area (Å²) in [4.78, 5) is 30.7. The lowest BCUT2D eigenvalue weighted by Gasteiger charge is -2.32. The highest BCUT2D eigenvalue weighted by molar-refractivity contribution is 7.09. The summed E-state index contributed by atoms with van der Waals surface area (Å²) in [5.74, 6) is -1.74. The van der Waals surface area contributed by atoms with Gasteiger partial charge in [-0.3, -0.25) is 9.59 Å². The average molecular weight is 407 g/mol. The number of aromatic nitrogens is 1. The van der Waals surface area contributed by atoms with Gasteiger partial charge < -0.3 is 10.2 Å². The highest BCUT2D eigenvalue weighted by Crippen LogP contribution is 2.23. The SMILES string of the molecule is Cc1nc(C(=O)N2CCC[C@H](CCC(=O)NCc3ccc(F)c(F)c3)C2)cs1. The molecule has 2 heterocycles. The minimum absolute atomic E-state index is 0.0446. The van der Waals surface area contributed by atoms with E-state index >= 15 is 0 Å². The largest absolute Gasteiger partial charge is 0.352 e. The van der Waals surface area contributed by atoms with Crippen molar-refractivity contribution in [1.82, 2.24) is 15.2 Å². The van der Waals surface area contributed by atoms with Gasteiger partial charge >= 0.3 is 0 Å². The molecule has 0 bridgehead atoms. The molecule has 2 aromatic rings. The topological polar surface area (TPSA) is 62.3 Å². The third-order valence-corrected chi connectivity index (χ3v) is 5.67. The number of thiazole rings is 1. The van der Waals surface area contributed by atoms with Crippen LogP contribution in [0.15, 0.2) is 23.6 Å². The van der Waals surface area contributed by atoms with Gasteiger partial charge in [-0.2, -0.15) is 0 Å². The number of carbonyl (C=O) groups is 2. The first-order valence-corrected chi connectivity index (χ1v) is 10.2. The van der Waals surface area contributed by atoms with Gasteiger partial charge in [0.25, 0.3) is 5.91 Å². The Bertz CT molecular complexity index is 856. The van der Waals surface area contributed by atoms with E-state index < -0.39 is 11.6 Å². The Labute approximate surface area is 166 Å². The van der Waals surface area contributed by atoms with Crippen LogP contribution in [0.1, 0.15) is 46.7 Å². The number of carbonyl (C=O) groups excluding carboxylic acids is 2. The summed E-state index contributed by atoms with van der Waals surface area (Å²) < 4.78 is 26.1. The van der Waals surface area contributed by atoms with E-state index in [1.165, 1.54) is 17.4 Å². The standard InChI is InChI=1S/C20H23F2N3O2S/c1-13-24-18(12-28-13)20(27)25-8-2-3-14(11-25)5-7-19(26)23-10-15-4-6-16(21)17(22)9-15/h4,6,9,12,14H,2-3,5,7-8,10-11H2,1H3,(H,23,26)/t14-/m1/s1. The van der Waals surface area contributed by atoms with Gasteiger partial charge in [0.05, 0.1) is 5.01 Å². The second kappa shape index (κ2) is 9.23. The van der Waals surface area contributed by atoms with E-state index in [1.54, 1.807) is 5.38 Å². The Morgan fingerprint density at radius 2 is 2.14 bits per heavy atom. The van der Waals surface area contributed by atoms with Crippen molar-refractivity contribution < 1.29 is 18.4 Å². The summed E-state index contributed by atoms with van der Waals surface area (Å²) in [7, 11) is 0. The Morgan fingerprint density at radius 3 is 2.86 bits per heavy atom. The van der Waals surface area contributed by atoms with Crippen molar-refractivity contribution in [2.45, 2.75) is 39.2 Å². The molecule has 8 heteroatoms. The quantitative estimate of drug-likeness (QED) is 0.795. The van der Waals surface area contributed by atoms with Gasteiger partial charge in [-0.15, -0.1) is 11.3 Å². The summed E-state index contributed by atoms with van der Waals surface area (Å²) in [5, 5.41) is 5.39. The number of nitrogens with one attached hydrogen (secondary N) is 1. The second-order valence-electron chi connectivity index (χ2n) is 7.08. The third-order valence-electron chi connectivity index (χ3n) is 4.90. The van der Waals surface area contributed by atoms with Gasteiger partial charge in [-0.1, -0.05) is 6.07 Å². The number of hydrogen-bond donors (Lipinski definition) is 1. The number of piperidine rings is 1. The van der Waals surface area contributed by atoms with Crippen LogP contribution in [0.3, 0.4) is 0 Å². The maximum atomic E-state index is 13.2. The molecule has 1 atom stereocenters. The lowest BCUT2D eigenvalue weighted by molar-refractivity contribution is -0.121. The Kier molecular flexibility index (Phi) is 6.72. The fourth-order valence-corrected chi connectivity index (χ4v) is 3.97. The number of amides is 2. The van der Waals surface area contributed by atoms with Crippen molar-refractivity contribution >= 4 is 23.2 Å². The fourth-order valence-electron chi connectivity index (χ4n) is 3.38. The van der Waals surface area contributed by atoms with Gasteiger partial charge in [0.15, 0.2) is 11.6 Å². The van der Waals surface area contributed by atoms with E-state index in [0.717, 1.165) is 30.0 Å². The van der Waals surface area contributed by atoms with E-state index in [0.29, 0.717) is 37.2 Å². The van der Waals surface area contributed by atoms with Gasteiger partial charge in [-0.05, 0) is 49.8 Å². The lowest BCUT2D eigenvalue weighted by atomic mass is 9.93. The first kappa shape index (κ1) is 20.4. The average Bonchev–Trinajstić information content (AvgIpc) is 3.13. The van der Waals surface area contributed by atoms with Gasteiger partial charge in [0.2, 0.25) is 5.91 Å². The Morgan fingerprint density at radius 1 is 1.32 bits per heavy atom. The molecule has 3 rings (SSSR count). The molecule has 28 heavy (non-hydrogen) atoms. The molecule has 1 N–H and O–H groups in total.